The van der Waals surface area contributed by atoms with Crippen molar-refractivity contribution in [2.24, 2.45) is 0 Å². The van der Waals surface area contributed by atoms with Crippen LogP contribution in [-0.4, -0.2) is 10.2 Å². The van der Waals surface area contributed by atoms with Crippen LogP contribution >= 0.6 is 12.2 Å². The minimum absolute atomic E-state index is 0.0826. The summed E-state index contributed by atoms with van der Waals surface area (Å²) in [6.07, 6.45) is 0. The van der Waals surface area contributed by atoms with Gasteiger partial charge in [-0.15, -0.1) is 0 Å². The van der Waals surface area contributed by atoms with Crippen molar-refractivity contribution in [2.45, 2.75) is 0 Å². The number of nitrogens with two attached hydrogens (primary N) is 1. The predicted molar refractivity (Wildman–Crippen MR) is 76.3 cm³/mol. The molecular weight excluding hydrogens is 274 g/mol. The van der Waals surface area contributed by atoms with E-state index in [9.17, 15) is 10.5 Å². The molecule has 2 aromatic rings. The van der Waals surface area contributed by atoms with Gasteiger partial charge in [0.1, 0.15) is 28.2 Å². The van der Waals surface area contributed by atoms with Crippen LogP contribution in [0.3, 0.4) is 0 Å². The Balaban J connectivity index is 2.97. The first-order valence-corrected chi connectivity index (χ1v) is 5.90. The zero-order valence-corrected chi connectivity index (χ0v) is 11.0. The summed E-state index contributed by atoms with van der Waals surface area (Å²) in [5.74, 6) is 0.0826. The summed E-state index contributed by atoms with van der Waals surface area (Å²) in [6.45, 7) is 0. The lowest BCUT2D eigenvalue weighted by molar-refractivity contribution is 0.389. The van der Waals surface area contributed by atoms with Gasteiger partial charge in [0.05, 0.1) is 11.3 Å². The van der Waals surface area contributed by atoms with Crippen molar-refractivity contribution in [1.29, 1.82) is 10.5 Å². The fourth-order valence-corrected chi connectivity index (χ4v) is 2.17. The van der Waals surface area contributed by atoms with Crippen molar-refractivity contribution in [2.75, 3.05) is 11.2 Å². The lowest BCUT2D eigenvalue weighted by atomic mass is 9.95. The van der Waals surface area contributed by atoms with E-state index >= 15 is 0 Å². The molecule has 7 heteroatoms. The predicted octanol–water partition coefficient (Wildman–Crippen LogP) is 2.54. The van der Waals surface area contributed by atoms with Gasteiger partial charge < -0.3 is 10.7 Å². The van der Waals surface area contributed by atoms with Crippen molar-refractivity contribution >= 4 is 23.7 Å². The number of anilines is 2. The lowest BCUT2D eigenvalue weighted by Crippen LogP contribution is -2.03. The van der Waals surface area contributed by atoms with E-state index in [1.54, 1.807) is 24.3 Å². The Morgan fingerprint density at radius 1 is 1.20 bits per heavy atom. The van der Waals surface area contributed by atoms with E-state index in [0.29, 0.717) is 16.8 Å². The number of pyridine rings is 1. The maximum Gasteiger partial charge on any atom is 0.123 e. The van der Waals surface area contributed by atoms with E-state index in [0.717, 1.165) is 0 Å². The number of aromatic nitrogens is 1. The van der Waals surface area contributed by atoms with Crippen LogP contribution in [0.25, 0.3) is 11.1 Å². The van der Waals surface area contributed by atoms with Crippen LogP contribution < -0.4 is 11.2 Å². The van der Waals surface area contributed by atoms with E-state index in [1.165, 1.54) is 0 Å². The number of hydrogen-bond donors (Lipinski definition) is 4. The van der Waals surface area contributed by atoms with Crippen LogP contribution in [-0.2, 0) is 0 Å². The molecule has 0 amide bonds. The number of nitriles is 2. The molecule has 0 aliphatic rings. The number of nitrogens with one attached hydrogen (secondary N) is 2. The molecule has 1 aromatic carbocycles. The van der Waals surface area contributed by atoms with Crippen LogP contribution in [0.2, 0.25) is 0 Å². The molecule has 6 nitrogen and oxygen atoms in total. The number of para-hydroxylation sites is 1. The van der Waals surface area contributed by atoms with Gasteiger partial charge in [0.15, 0.2) is 0 Å². The number of rotatable bonds is 2. The molecule has 98 valence electrons. The number of H-pyrrole nitrogens is 1. The highest BCUT2D eigenvalue weighted by Crippen LogP contribution is 2.34. The fourth-order valence-electron chi connectivity index (χ4n) is 1.91. The number of aromatic amines is 1. The number of benzene rings is 1. The van der Waals surface area contributed by atoms with Gasteiger partial charge in [-0.2, -0.15) is 10.5 Å². The van der Waals surface area contributed by atoms with Crippen molar-refractivity contribution in [3.8, 4) is 23.3 Å². The Labute approximate surface area is 119 Å². The van der Waals surface area contributed by atoms with E-state index in [1.807, 2.05) is 17.6 Å². The summed E-state index contributed by atoms with van der Waals surface area (Å²) in [5.41, 5.74) is 9.14. The van der Waals surface area contributed by atoms with E-state index in [-0.39, 0.29) is 21.6 Å². The Kier molecular flexibility index (Phi) is 3.67. The zero-order valence-electron chi connectivity index (χ0n) is 10.1. The summed E-state index contributed by atoms with van der Waals surface area (Å²) in [7, 11) is 0. The second-order valence-electron chi connectivity index (χ2n) is 3.87. The summed E-state index contributed by atoms with van der Waals surface area (Å²) >= 11 is 5.06. The zero-order chi connectivity index (χ0) is 14.7. The summed E-state index contributed by atoms with van der Waals surface area (Å²) in [6, 6.07) is 10.6. The molecule has 0 bridgehead atoms. The Morgan fingerprint density at radius 3 is 2.45 bits per heavy atom. The van der Waals surface area contributed by atoms with E-state index in [2.05, 4.69) is 4.98 Å². The van der Waals surface area contributed by atoms with Crippen LogP contribution in [0.5, 0.6) is 0 Å². The maximum atomic E-state index is 9.27. The van der Waals surface area contributed by atoms with Crippen LogP contribution in [0.4, 0.5) is 11.5 Å². The first-order valence-electron chi connectivity index (χ1n) is 5.49. The van der Waals surface area contributed by atoms with Crippen molar-refractivity contribution in [3.63, 3.8) is 0 Å². The van der Waals surface area contributed by atoms with Crippen LogP contribution in [0.1, 0.15) is 11.1 Å². The maximum absolute atomic E-state index is 9.27. The fraction of sp³-hybridized carbons (Fsp3) is 0. The molecule has 1 aromatic heterocycles. The third kappa shape index (κ3) is 2.08. The van der Waals surface area contributed by atoms with Crippen LogP contribution in [0, 0.1) is 27.3 Å². The van der Waals surface area contributed by atoms with E-state index < -0.39 is 0 Å². The van der Waals surface area contributed by atoms with Crippen molar-refractivity contribution in [1.82, 2.24) is 4.98 Å². The van der Waals surface area contributed by atoms with Crippen LogP contribution in [0.15, 0.2) is 24.3 Å². The van der Waals surface area contributed by atoms with Gasteiger partial charge in [-0.25, -0.2) is 0 Å². The third-order valence-corrected chi connectivity index (χ3v) is 3.09. The van der Waals surface area contributed by atoms with Crippen molar-refractivity contribution < 1.29 is 5.21 Å². The molecule has 1 heterocycles. The molecule has 0 aliphatic carbocycles. The topological polar surface area (TPSA) is 122 Å². The average molecular weight is 283 g/mol. The minimum Gasteiger partial charge on any atom is -0.384 e. The molecule has 0 aliphatic heterocycles. The number of nitrogen functional groups attached to an aromatic ring is 1. The molecule has 0 saturated heterocycles. The molecule has 20 heavy (non-hydrogen) atoms. The molecule has 5 N–H and O–H groups in total. The normalized spacial score (nSPS) is 9.55. The van der Waals surface area contributed by atoms with Gasteiger partial charge in [-0.05, 0) is 6.07 Å². The number of nitrogens with zero attached hydrogens (tertiary/aromatic N) is 2. The quantitative estimate of drug-likeness (QED) is 0.496. The minimum atomic E-state index is 0.0826. The largest absolute Gasteiger partial charge is 0.384 e. The molecule has 0 fully saturated rings. The third-order valence-electron chi connectivity index (χ3n) is 2.79. The first kappa shape index (κ1) is 13.6. The molecule has 0 saturated carbocycles. The summed E-state index contributed by atoms with van der Waals surface area (Å²) < 4.78 is 0.145. The monoisotopic (exact) mass is 283 g/mol. The number of hydrogen-bond acceptors (Lipinski definition) is 6. The molecule has 0 spiro atoms. The average Bonchev–Trinajstić information content (AvgIpc) is 2.46. The molecule has 0 atom stereocenters. The van der Waals surface area contributed by atoms with Gasteiger partial charge in [0, 0.05) is 11.1 Å². The Hall–Kier alpha value is -2.87. The highest BCUT2D eigenvalue weighted by Gasteiger charge is 2.18. The van der Waals surface area contributed by atoms with Gasteiger partial charge >= 0.3 is 0 Å². The van der Waals surface area contributed by atoms with Crippen molar-refractivity contribution in [3.05, 3.63) is 40.0 Å². The lowest BCUT2D eigenvalue weighted by Gasteiger charge is -2.12. The second-order valence-corrected chi connectivity index (χ2v) is 4.28. The SMILES string of the molecule is N#Cc1c(N)[nH]c(=S)c(C#N)c1-c1ccccc1NO. The molecular formula is C13H9N5OS. The Morgan fingerprint density at radius 2 is 1.85 bits per heavy atom. The highest BCUT2D eigenvalue weighted by atomic mass is 32.1. The standard InChI is InChI=1S/C13H9N5OS/c14-5-8-11(7-3-1-2-4-10(7)18-19)9(6-15)13(20)17-12(8)16/h1-4,18-19H,(H3,16,17,20). The Bertz CT molecular complexity index is 813. The smallest absolute Gasteiger partial charge is 0.123 e. The molecule has 2 rings (SSSR count). The van der Waals surface area contributed by atoms with Gasteiger partial charge in [-0.1, -0.05) is 30.4 Å². The summed E-state index contributed by atoms with van der Waals surface area (Å²) in [4.78, 5) is 2.62. The highest BCUT2D eigenvalue weighted by molar-refractivity contribution is 7.71. The first-order chi connectivity index (χ1) is 9.63. The van der Waals surface area contributed by atoms with Gasteiger partial charge in [0.25, 0.3) is 0 Å². The molecule has 0 unspecified atom stereocenters. The summed E-state index contributed by atoms with van der Waals surface area (Å²) in [5, 5.41) is 27.7. The molecule has 0 radical (unpaired) electrons. The van der Waals surface area contributed by atoms with Gasteiger partial charge in [-0.3, -0.25) is 10.7 Å². The second kappa shape index (κ2) is 5.41. The van der Waals surface area contributed by atoms with E-state index in [4.69, 9.17) is 23.2 Å². The van der Waals surface area contributed by atoms with Gasteiger partial charge in [0.2, 0.25) is 0 Å².